The molecule has 0 saturated heterocycles. The lowest BCUT2D eigenvalue weighted by molar-refractivity contribution is -0.148. The summed E-state index contributed by atoms with van der Waals surface area (Å²) >= 11 is 0. The number of nitrogens with zero attached hydrogens (tertiary/aromatic N) is 1. The number of nitrogens with one attached hydrogen (secondary N) is 1. The summed E-state index contributed by atoms with van der Waals surface area (Å²) in [5.74, 6) is -0.174. The molecule has 0 aromatic heterocycles. The van der Waals surface area contributed by atoms with Crippen LogP contribution in [0.4, 0.5) is 5.69 Å². The number of rotatable bonds is 7. The molecule has 4 heteroatoms. The van der Waals surface area contributed by atoms with Gasteiger partial charge in [-0.15, -0.1) is 0 Å². The van der Waals surface area contributed by atoms with E-state index < -0.39 is 5.54 Å². The van der Waals surface area contributed by atoms with Crippen LogP contribution in [0.1, 0.15) is 31.7 Å². The Kier molecular flexibility index (Phi) is 4.88. The van der Waals surface area contributed by atoms with Gasteiger partial charge in [-0.05, 0) is 50.8 Å². The minimum atomic E-state index is -0.603. The van der Waals surface area contributed by atoms with Crippen LogP contribution in [0.5, 0.6) is 0 Å². The Labute approximate surface area is 127 Å². The summed E-state index contributed by atoms with van der Waals surface area (Å²) in [6, 6.07) is 8.87. The van der Waals surface area contributed by atoms with Gasteiger partial charge in [-0.25, -0.2) is 0 Å². The van der Waals surface area contributed by atoms with E-state index in [0.717, 1.165) is 25.8 Å². The van der Waals surface area contributed by atoms with E-state index >= 15 is 0 Å². The molecule has 0 bridgehead atoms. The highest BCUT2D eigenvalue weighted by atomic mass is 16.5. The Hall–Kier alpha value is -1.55. The number of hydrogen-bond acceptors (Lipinski definition) is 4. The van der Waals surface area contributed by atoms with Gasteiger partial charge in [0.25, 0.3) is 0 Å². The van der Waals surface area contributed by atoms with Gasteiger partial charge in [0.05, 0.1) is 7.11 Å². The standard InChI is InChI=1S/C17H26N2O2/c1-13-6-5-7-15(12-13)19(3)11-10-17(2,16(20)21-4)18-14-8-9-14/h5-7,12,14,18H,8-11H2,1-4H3. The third-order valence-corrected chi connectivity index (χ3v) is 4.13. The number of esters is 1. The first-order valence-electron chi connectivity index (χ1n) is 7.58. The van der Waals surface area contributed by atoms with Gasteiger partial charge in [-0.1, -0.05) is 12.1 Å². The molecule has 0 heterocycles. The minimum absolute atomic E-state index is 0.174. The van der Waals surface area contributed by atoms with E-state index in [1.165, 1.54) is 18.4 Å². The summed E-state index contributed by atoms with van der Waals surface area (Å²) in [7, 11) is 3.52. The second kappa shape index (κ2) is 6.48. The zero-order valence-electron chi connectivity index (χ0n) is 13.5. The van der Waals surface area contributed by atoms with Crippen LogP contribution >= 0.6 is 0 Å². The molecule has 1 fully saturated rings. The van der Waals surface area contributed by atoms with Crippen molar-refractivity contribution < 1.29 is 9.53 Å². The normalized spacial score (nSPS) is 17.1. The number of ether oxygens (including phenoxy) is 1. The third-order valence-electron chi connectivity index (χ3n) is 4.13. The maximum Gasteiger partial charge on any atom is 0.325 e. The van der Waals surface area contributed by atoms with E-state index in [4.69, 9.17) is 4.74 Å². The van der Waals surface area contributed by atoms with Crippen LogP contribution in [0, 0.1) is 6.92 Å². The van der Waals surface area contributed by atoms with E-state index in [-0.39, 0.29) is 5.97 Å². The minimum Gasteiger partial charge on any atom is -0.468 e. The third kappa shape index (κ3) is 4.21. The molecule has 116 valence electrons. The fraction of sp³-hybridized carbons (Fsp3) is 0.588. The Morgan fingerprint density at radius 2 is 2.19 bits per heavy atom. The summed E-state index contributed by atoms with van der Waals surface area (Å²) in [6.07, 6.45) is 3.03. The lowest BCUT2D eigenvalue weighted by Crippen LogP contribution is -2.52. The molecule has 1 aromatic rings. The molecule has 1 saturated carbocycles. The van der Waals surface area contributed by atoms with Crippen molar-refractivity contribution in [1.29, 1.82) is 0 Å². The van der Waals surface area contributed by atoms with E-state index in [9.17, 15) is 4.79 Å². The number of benzene rings is 1. The van der Waals surface area contributed by atoms with Crippen LogP contribution in [0.3, 0.4) is 0 Å². The summed E-state index contributed by atoms with van der Waals surface area (Å²) in [6.45, 7) is 4.83. The number of carbonyl (C=O) groups is 1. The molecule has 0 amide bonds. The van der Waals surface area contributed by atoms with Crippen LogP contribution in [0.25, 0.3) is 0 Å². The average Bonchev–Trinajstić information content (AvgIpc) is 3.27. The molecule has 2 rings (SSSR count). The lowest BCUT2D eigenvalue weighted by Gasteiger charge is -2.31. The zero-order valence-corrected chi connectivity index (χ0v) is 13.5. The second-order valence-corrected chi connectivity index (χ2v) is 6.25. The molecular formula is C17H26N2O2. The molecule has 0 aliphatic heterocycles. The van der Waals surface area contributed by atoms with Crippen molar-refractivity contribution in [3.63, 3.8) is 0 Å². The van der Waals surface area contributed by atoms with Gasteiger partial charge in [0, 0.05) is 25.3 Å². The van der Waals surface area contributed by atoms with Crippen molar-refractivity contribution in [2.45, 2.75) is 44.7 Å². The molecule has 4 nitrogen and oxygen atoms in total. The number of aryl methyl sites for hydroxylation is 1. The lowest BCUT2D eigenvalue weighted by atomic mass is 9.97. The summed E-state index contributed by atoms with van der Waals surface area (Å²) in [4.78, 5) is 14.3. The Balaban J connectivity index is 1.98. The molecule has 1 unspecified atom stereocenters. The molecular weight excluding hydrogens is 264 g/mol. The topological polar surface area (TPSA) is 41.6 Å². The van der Waals surface area contributed by atoms with Crippen molar-refractivity contribution in [1.82, 2.24) is 5.32 Å². The van der Waals surface area contributed by atoms with E-state index in [1.54, 1.807) is 0 Å². The van der Waals surface area contributed by atoms with Crippen molar-refractivity contribution in [2.75, 3.05) is 25.6 Å². The maximum absolute atomic E-state index is 12.1. The largest absolute Gasteiger partial charge is 0.468 e. The predicted molar refractivity (Wildman–Crippen MR) is 85.6 cm³/mol. The highest BCUT2D eigenvalue weighted by Crippen LogP contribution is 2.25. The smallest absolute Gasteiger partial charge is 0.325 e. The number of methoxy groups -OCH3 is 1. The van der Waals surface area contributed by atoms with Crippen LogP contribution in [0.2, 0.25) is 0 Å². The van der Waals surface area contributed by atoms with Gasteiger partial charge >= 0.3 is 5.97 Å². The highest BCUT2D eigenvalue weighted by Gasteiger charge is 2.39. The van der Waals surface area contributed by atoms with Gasteiger partial charge in [-0.2, -0.15) is 0 Å². The van der Waals surface area contributed by atoms with Crippen LogP contribution in [0.15, 0.2) is 24.3 Å². The number of hydrogen-bond donors (Lipinski definition) is 1. The fourth-order valence-electron chi connectivity index (χ4n) is 2.52. The van der Waals surface area contributed by atoms with Crippen LogP contribution in [-0.2, 0) is 9.53 Å². The average molecular weight is 290 g/mol. The molecule has 1 N–H and O–H groups in total. The molecule has 1 aromatic carbocycles. The first-order chi connectivity index (χ1) is 9.94. The van der Waals surface area contributed by atoms with Gasteiger partial charge in [0.2, 0.25) is 0 Å². The number of anilines is 1. The van der Waals surface area contributed by atoms with Crippen LogP contribution in [-0.4, -0.2) is 38.3 Å². The van der Waals surface area contributed by atoms with E-state index in [1.807, 2.05) is 6.92 Å². The molecule has 1 aliphatic carbocycles. The molecule has 0 spiro atoms. The molecule has 21 heavy (non-hydrogen) atoms. The second-order valence-electron chi connectivity index (χ2n) is 6.25. The van der Waals surface area contributed by atoms with Gasteiger partial charge in [0.15, 0.2) is 0 Å². The van der Waals surface area contributed by atoms with Crippen molar-refractivity contribution in [3.8, 4) is 0 Å². The van der Waals surface area contributed by atoms with Gasteiger partial charge in [-0.3, -0.25) is 10.1 Å². The molecule has 1 atom stereocenters. The van der Waals surface area contributed by atoms with Crippen molar-refractivity contribution >= 4 is 11.7 Å². The highest BCUT2D eigenvalue weighted by molar-refractivity contribution is 5.80. The Morgan fingerprint density at radius 3 is 2.76 bits per heavy atom. The summed E-state index contributed by atoms with van der Waals surface area (Å²) < 4.78 is 4.98. The number of carbonyl (C=O) groups excluding carboxylic acids is 1. The van der Waals surface area contributed by atoms with Gasteiger partial charge < -0.3 is 9.64 Å². The summed E-state index contributed by atoms with van der Waals surface area (Å²) in [5.41, 5.74) is 1.81. The molecule has 1 aliphatic rings. The van der Waals surface area contributed by atoms with E-state index in [0.29, 0.717) is 6.04 Å². The zero-order chi connectivity index (χ0) is 15.5. The maximum atomic E-state index is 12.1. The first kappa shape index (κ1) is 15.8. The monoisotopic (exact) mass is 290 g/mol. The quantitative estimate of drug-likeness (QED) is 0.784. The molecule has 0 radical (unpaired) electrons. The van der Waals surface area contributed by atoms with Gasteiger partial charge in [0.1, 0.15) is 5.54 Å². The van der Waals surface area contributed by atoms with Crippen molar-refractivity contribution in [2.24, 2.45) is 0 Å². The van der Waals surface area contributed by atoms with Crippen molar-refractivity contribution in [3.05, 3.63) is 29.8 Å². The summed E-state index contributed by atoms with van der Waals surface area (Å²) in [5, 5.41) is 3.44. The predicted octanol–water partition coefficient (Wildman–Crippen LogP) is 2.51. The van der Waals surface area contributed by atoms with Crippen LogP contribution < -0.4 is 10.2 Å². The first-order valence-corrected chi connectivity index (χ1v) is 7.58. The fourth-order valence-corrected chi connectivity index (χ4v) is 2.52. The Bertz CT molecular complexity index is 499. The van der Waals surface area contributed by atoms with E-state index in [2.05, 4.69) is 48.5 Å². The Morgan fingerprint density at radius 1 is 1.48 bits per heavy atom. The SMILES string of the molecule is COC(=O)C(C)(CCN(C)c1cccc(C)c1)NC1CC1.